The zero-order valence-corrected chi connectivity index (χ0v) is 15.9. The van der Waals surface area contributed by atoms with Crippen LogP contribution in [-0.2, 0) is 14.8 Å². The van der Waals surface area contributed by atoms with Gasteiger partial charge in [0.15, 0.2) is 11.5 Å². The van der Waals surface area contributed by atoms with Gasteiger partial charge < -0.3 is 14.8 Å². The van der Waals surface area contributed by atoms with E-state index in [1.165, 1.54) is 45.4 Å². The first-order valence-corrected chi connectivity index (χ1v) is 9.37. The topological polar surface area (TPSA) is 93.7 Å². The number of hydrogen-bond donors (Lipinski definition) is 2. The zero-order valence-electron chi connectivity index (χ0n) is 15.1. The molecule has 0 aromatic heterocycles. The highest BCUT2D eigenvalue weighted by molar-refractivity contribution is 7.89. The molecule has 0 radical (unpaired) electrons. The van der Waals surface area contributed by atoms with Crippen LogP contribution in [0.1, 0.15) is 25.5 Å². The minimum atomic E-state index is -3.72. The quantitative estimate of drug-likeness (QED) is 0.773. The van der Waals surface area contributed by atoms with Crippen LogP contribution in [0.4, 0.5) is 5.69 Å². The Morgan fingerprint density at radius 3 is 2.15 bits per heavy atom. The molecule has 0 spiro atoms. The number of hydrogen-bond acceptors (Lipinski definition) is 5. The van der Waals surface area contributed by atoms with Crippen molar-refractivity contribution in [1.82, 2.24) is 4.72 Å². The normalized spacial score (nSPS) is 12.3. The Bertz CT molecular complexity index is 879. The summed E-state index contributed by atoms with van der Waals surface area (Å²) in [7, 11) is -0.666. The molecule has 0 aliphatic rings. The predicted octanol–water partition coefficient (Wildman–Crippen LogP) is 2.70. The van der Waals surface area contributed by atoms with Crippen molar-refractivity contribution in [3.8, 4) is 11.5 Å². The Morgan fingerprint density at radius 1 is 1.00 bits per heavy atom. The molecule has 0 fully saturated rings. The SMILES string of the molecule is COc1ccc([C@@H](C)NS(=O)(=O)c2ccc(NC(C)=O)cc2)cc1OC. The Labute approximate surface area is 153 Å². The van der Waals surface area contributed by atoms with Crippen LogP contribution in [-0.4, -0.2) is 28.5 Å². The summed E-state index contributed by atoms with van der Waals surface area (Å²) in [5.41, 5.74) is 1.27. The van der Waals surface area contributed by atoms with Crippen molar-refractivity contribution in [2.24, 2.45) is 0 Å². The number of amides is 1. The summed E-state index contributed by atoms with van der Waals surface area (Å²) in [5, 5.41) is 2.59. The minimum Gasteiger partial charge on any atom is -0.493 e. The van der Waals surface area contributed by atoms with E-state index in [9.17, 15) is 13.2 Å². The van der Waals surface area contributed by atoms with Crippen LogP contribution >= 0.6 is 0 Å². The molecular formula is C18H22N2O5S. The van der Waals surface area contributed by atoms with E-state index in [0.29, 0.717) is 17.2 Å². The van der Waals surface area contributed by atoms with Crippen LogP contribution in [0.15, 0.2) is 47.4 Å². The Hall–Kier alpha value is -2.58. The van der Waals surface area contributed by atoms with Gasteiger partial charge in [0, 0.05) is 18.7 Å². The van der Waals surface area contributed by atoms with Crippen LogP contribution in [0, 0.1) is 0 Å². The molecule has 1 atom stereocenters. The molecule has 0 saturated heterocycles. The van der Waals surface area contributed by atoms with Gasteiger partial charge in [-0.15, -0.1) is 0 Å². The Balaban J connectivity index is 2.19. The van der Waals surface area contributed by atoms with Gasteiger partial charge in [-0.05, 0) is 48.9 Å². The van der Waals surface area contributed by atoms with Crippen molar-refractivity contribution in [3.63, 3.8) is 0 Å². The van der Waals surface area contributed by atoms with Crippen LogP contribution in [0.5, 0.6) is 11.5 Å². The second kappa shape index (κ2) is 8.20. The fourth-order valence-electron chi connectivity index (χ4n) is 2.41. The van der Waals surface area contributed by atoms with Gasteiger partial charge in [-0.1, -0.05) is 6.07 Å². The van der Waals surface area contributed by atoms with E-state index < -0.39 is 16.1 Å². The molecule has 0 bridgehead atoms. The van der Waals surface area contributed by atoms with E-state index in [4.69, 9.17) is 9.47 Å². The Morgan fingerprint density at radius 2 is 1.62 bits per heavy atom. The molecule has 7 nitrogen and oxygen atoms in total. The third kappa shape index (κ3) is 4.74. The van der Waals surface area contributed by atoms with Crippen molar-refractivity contribution >= 4 is 21.6 Å². The fraction of sp³-hybridized carbons (Fsp3) is 0.278. The lowest BCUT2D eigenvalue weighted by molar-refractivity contribution is -0.114. The molecule has 8 heteroatoms. The summed E-state index contributed by atoms with van der Waals surface area (Å²) < 4.78 is 38.2. The molecule has 0 heterocycles. The highest BCUT2D eigenvalue weighted by Gasteiger charge is 2.19. The van der Waals surface area contributed by atoms with E-state index in [-0.39, 0.29) is 10.8 Å². The molecule has 0 aliphatic carbocycles. The molecule has 0 saturated carbocycles. The van der Waals surface area contributed by atoms with E-state index in [1.54, 1.807) is 25.1 Å². The van der Waals surface area contributed by atoms with Gasteiger partial charge in [-0.2, -0.15) is 0 Å². The number of benzene rings is 2. The number of rotatable bonds is 7. The monoisotopic (exact) mass is 378 g/mol. The Kier molecular flexibility index (Phi) is 6.23. The molecule has 0 aliphatic heterocycles. The number of carbonyl (C=O) groups excluding carboxylic acids is 1. The number of anilines is 1. The first-order chi connectivity index (χ1) is 12.3. The van der Waals surface area contributed by atoms with Crippen molar-refractivity contribution in [1.29, 1.82) is 0 Å². The van der Waals surface area contributed by atoms with Crippen molar-refractivity contribution in [3.05, 3.63) is 48.0 Å². The summed E-state index contributed by atoms with van der Waals surface area (Å²) in [6.07, 6.45) is 0. The van der Waals surface area contributed by atoms with Crippen LogP contribution in [0.25, 0.3) is 0 Å². The van der Waals surface area contributed by atoms with Gasteiger partial charge in [0.05, 0.1) is 19.1 Å². The number of methoxy groups -OCH3 is 2. The number of sulfonamides is 1. The molecule has 2 N–H and O–H groups in total. The fourth-order valence-corrected chi connectivity index (χ4v) is 3.64. The number of ether oxygens (including phenoxy) is 2. The molecule has 0 unspecified atom stereocenters. The molecule has 140 valence electrons. The molecule has 2 aromatic rings. The standard InChI is InChI=1S/C18H22N2O5S/c1-12(14-5-10-17(24-3)18(11-14)25-4)20-26(22,23)16-8-6-15(7-9-16)19-13(2)21/h5-12,20H,1-4H3,(H,19,21)/t12-/m1/s1. The maximum absolute atomic E-state index is 12.6. The average molecular weight is 378 g/mol. The third-order valence-corrected chi connectivity index (χ3v) is 5.28. The first-order valence-electron chi connectivity index (χ1n) is 7.88. The second-order valence-corrected chi connectivity index (χ2v) is 7.38. The summed E-state index contributed by atoms with van der Waals surface area (Å²) >= 11 is 0. The first kappa shape index (κ1) is 19.7. The molecule has 1 amide bonds. The van der Waals surface area contributed by atoms with Crippen molar-refractivity contribution < 1.29 is 22.7 Å². The van der Waals surface area contributed by atoms with Crippen LogP contribution < -0.4 is 19.5 Å². The number of carbonyl (C=O) groups is 1. The van der Waals surface area contributed by atoms with Gasteiger partial charge in [-0.3, -0.25) is 4.79 Å². The van der Waals surface area contributed by atoms with Crippen LogP contribution in [0.2, 0.25) is 0 Å². The van der Waals surface area contributed by atoms with E-state index >= 15 is 0 Å². The van der Waals surface area contributed by atoms with Crippen LogP contribution in [0.3, 0.4) is 0 Å². The van der Waals surface area contributed by atoms with Crippen molar-refractivity contribution in [2.75, 3.05) is 19.5 Å². The zero-order chi connectivity index (χ0) is 19.3. The number of nitrogens with one attached hydrogen (secondary N) is 2. The van der Waals surface area contributed by atoms with Gasteiger partial charge in [-0.25, -0.2) is 13.1 Å². The maximum atomic E-state index is 12.6. The largest absolute Gasteiger partial charge is 0.493 e. The lowest BCUT2D eigenvalue weighted by Gasteiger charge is -2.17. The molecular weight excluding hydrogens is 356 g/mol. The lowest BCUT2D eigenvalue weighted by atomic mass is 10.1. The van der Waals surface area contributed by atoms with Gasteiger partial charge >= 0.3 is 0 Å². The van der Waals surface area contributed by atoms with E-state index in [1.807, 2.05) is 0 Å². The average Bonchev–Trinajstić information content (AvgIpc) is 2.60. The highest BCUT2D eigenvalue weighted by atomic mass is 32.2. The predicted molar refractivity (Wildman–Crippen MR) is 99.0 cm³/mol. The smallest absolute Gasteiger partial charge is 0.241 e. The third-order valence-electron chi connectivity index (χ3n) is 3.72. The highest BCUT2D eigenvalue weighted by Crippen LogP contribution is 2.30. The van der Waals surface area contributed by atoms with Crippen molar-refractivity contribution in [2.45, 2.75) is 24.8 Å². The van der Waals surface area contributed by atoms with E-state index in [0.717, 1.165) is 5.56 Å². The van der Waals surface area contributed by atoms with Gasteiger partial charge in [0.25, 0.3) is 0 Å². The van der Waals surface area contributed by atoms with Gasteiger partial charge in [0.1, 0.15) is 0 Å². The molecule has 26 heavy (non-hydrogen) atoms. The summed E-state index contributed by atoms with van der Waals surface area (Å²) in [4.78, 5) is 11.1. The summed E-state index contributed by atoms with van der Waals surface area (Å²) in [6.45, 7) is 3.13. The molecule has 2 aromatic carbocycles. The molecule has 2 rings (SSSR count). The van der Waals surface area contributed by atoms with E-state index in [2.05, 4.69) is 10.0 Å². The minimum absolute atomic E-state index is 0.110. The second-order valence-electron chi connectivity index (χ2n) is 5.66. The lowest BCUT2D eigenvalue weighted by Crippen LogP contribution is -2.27. The van der Waals surface area contributed by atoms with Gasteiger partial charge in [0.2, 0.25) is 15.9 Å². The summed E-state index contributed by atoms with van der Waals surface area (Å²) in [6, 6.07) is 10.7. The summed E-state index contributed by atoms with van der Waals surface area (Å²) in [5.74, 6) is 0.872. The maximum Gasteiger partial charge on any atom is 0.241 e.